The molecule has 0 aliphatic carbocycles. The SMILES string of the molecule is CC(C)n1c(C2(O)COC2)nc2c(F)cccc21. The van der Waals surface area contributed by atoms with Gasteiger partial charge in [0, 0.05) is 6.04 Å². The van der Waals surface area contributed by atoms with Crippen molar-refractivity contribution in [1.82, 2.24) is 9.55 Å². The molecule has 1 aliphatic rings. The lowest BCUT2D eigenvalue weighted by atomic mass is 10.0. The fraction of sp³-hybridized carbons (Fsp3) is 0.462. The summed E-state index contributed by atoms with van der Waals surface area (Å²) in [6.07, 6.45) is 0. The van der Waals surface area contributed by atoms with Crippen LogP contribution in [0.15, 0.2) is 18.2 Å². The quantitative estimate of drug-likeness (QED) is 0.886. The molecule has 0 atom stereocenters. The zero-order valence-corrected chi connectivity index (χ0v) is 10.4. The Labute approximate surface area is 104 Å². The molecule has 1 saturated heterocycles. The van der Waals surface area contributed by atoms with E-state index in [2.05, 4.69) is 4.98 Å². The van der Waals surface area contributed by atoms with E-state index in [1.54, 1.807) is 6.07 Å². The number of hydrogen-bond donors (Lipinski definition) is 1. The Balaban J connectivity index is 2.30. The first-order valence-corrected chi connectivity index (χ1v) is 6.00. The Hall–Kier alpha value is -1.46. The predicted molar refractivity (Wildman–Crippen MR) is 64.8 cm³/mol. The summed E-state index contributed by atoms with van der Waals surface area (Å²) in [7, 11) is 0. The number of nitrogens with zero attached hydrogens (tertiary/aromatic N) is 2. The topological polar surface area (TPSA) is 47.3 Å². The minimum atomic E-state index is -1.09. The van der Waals surface area contributed by atoms with Crippen LogP contribution in [-0.4, -0.2) is 27.9 Å². The minimum absolute atomic E-state index is 0.0939. The molecule has 5 heteroatoms. The van der Waals surface area contributed by atoms with Gasteiger partial charge < -0.3 is 14.4 Å². The van der Waals surface area contributed by atoms with E-state index < -0.39 is 5.60 Å². The molecule has 1 N–H and O–H groups in total. The molecule has 1 aromatic carbocycles. The highest BCUT2D eigenvalue weighted by atomic mass is 19.1. The number of benzene rings is 1. The Morgan fingerprint density at radius 2 is 2.17 bits per heavy atom. The lowest BCUT2D eigenvalue weighted by Gasteiger charge is -2.36. The summed E-state index contributed by atoms with van der Waals surface area (Å²) >= 11 is 0. The largest absolute Gasteiger partial charge is 0.377 e. The van der Waals surface area contributed by atoms with Gasteiger partial charge in [0.25, 0.3) is 0 Å². The molecule has 0 bridgehead atoms. The highest BCUT2D eigenvalue weighted by Gasteiger charge is 2.43. The van der Waals surface area contributed by atoms with Crippen LogP contribution in [0, 0.1) is 5.82 Å². The van der Waals surface area contributed by atoms with Crippen LogP contribution < -0.4 is 0 Å². The number of fused-ring (bicyclic) bond motifs is 1. The lowest BCUT2D eigenvalue weighted by molar-refractivity contribution is -0.190. The van der Waals surface area contributed by atoms with E-state index in [9.17, 15) is 9.50 Å². The van der Waals surface area contributed by atoms with Gasteiger partial charge in [0.1, 0.15) is 11.3 Å². The van der Waals surface area contributed by atoms with Gasteiger partial charge in [-0.25, -0.2) is 9.37 Å². The van der Waals surface area contributed by atoms with Gasteiger partial charge in [-0.15, -0.1) is 0 Å². The summed E-state index contributed by atoms with van der Waals surface area (Å²) in [5.74, 6) is 0.126. The molecule has 2 aromatic rings. The van der Waals surface area contributed by atoms with E-state index in [0.717, 1.165) is 0 Å². The lowest BCUT2D eigenvalue weighted by Crippen LogP contribution is -2.48. The van der Waals surface area contributed by atoms with E-state index in [-0.39, 0.29) is 25.1 Å². The number of aliphatic hydroxyl groups is 1. The zero-order chi connectivity index (χ0) is 12.9. The first-order chi connectivity index (χ1) is 8.53. The third-order valence-corrected chi connectivity index (χ3v) is 3.29. The van der Waals surface area contributed by atoms with Crippen LogP contribution >= 0.6 is 0 Å². The van der Waals surface area contributed by atoms with Gasteiger partial charge in [0.15, 0.2) is 11.4 Å². The fourth-order valence-electron chi connectivity index (χ4n) is 2.36. The van der Waals surface area contributed by atoms with Crippen molar-refractivity contribution in [2.45, 2.75) is 25.5 Å². The smallest absolute Gasteiger partial charge is 0.169 e. The number of rotatable bonds is 2. The average Bonchev–Trinajstić information content (AvgIpc) is 2.67. The molecule has 18 heavy (non-hydrogen) atoms. The fourth-order valence-corrected chi connectivity index (χ4v) is 2.36. The maximum absolute atomic E-state index is 13.8. The maximum Gasteiger partial charge on any atom is 0.169 e. The van der Waals surface area contributed by atoms with Gasteiger partial charge in [-0.05, 0) is 26.0 Å². The van der Waals surface area contributed by atoms with E-state index >= 15 is 0 Å². The number of para-hydroxylation sites is 1. The first kappa shape index (κ1) is 11.6. The Kier molecular flexibility index (Phi) is 2.43. The van der Waals surface area contributed by atoms with Crippen molar-refractivity contribution in [2.24, 2.45) is 0 Å². The third-order valence-electron chi connectivity index (χ3n) is 3.29. The van der Waals surface area contributed by atoms with Gasteiger partial charge >= 0.3 is 0 Å². The first-order valence-electron chi connectivity index (χ1n) is 6.00. The van der Waals surface area contributed by atoms with Crippen molar-refractivity contribution >= 4 is 11.0 Å². The van der Waals surface area contributed by atoms with Crippen LogP contribution in [-0.2, 0) is 10.3 Å². The number of hydrogen-bond acceptors (Lipinski definition) is 3. The molecule has 96 valence electrons. The molecule has 0 saturated carbocycles. The second-order valence-electron chi connectivity index (χ2n) is 5.03. The van der Waals surface area contributed by atoms with Crippen LogP contribution in [0.4, 0.5) is 4.39 Å². The number of ether oxygens (including phenoxy) is 1. The normalized spacial score (nSPS) is 18.3. The molecule has 0 amide bonds. The summed E-state index contributed by atoms with van der Waals surface area (Å²) < 4.78 is 20.7. The summed E-state index contributed by atoms with van der Waals surface area (Å²) in [4.78, 5) is 4.29. The summed E-state index contributed by atoms with van der Waals surface area (Å²) in [5.41, 5.74) is -0.0720. The van der Waals surface area contributed by atoms with Crippen LogP contribution in [0.3, 0.4) is 0 Å². The van der Waals surface area contributed by atoms with Gasteiger partial charge in [0.05, 0.1) is 18.7 Å². The van der Waals surface area contributed by atoms with Gasteiger partial charge in [0.2, 0.25) is 0 Å². The number of aromatic nitrogens is 2. The van der Waals surface area contributed by atoms with Gasteiger partial charge in [-0.1, -0.05) is 6.07 Å². The monoisotopic (exact) mass is 250 g/mol. The Bertz CT molecular complexity index is 602. The Morgan fingerprint density at radius 1 is 1.44 bits per heavy atom. The standard InChI is InChI=1S/C13H15FN2O2/c1-8(2)16-10-5-3-4-9(14)11(10)15-12(16)13(17)6-18-7-13/h3-5,8,17H,6-7H2,1-2H3. The van der Waals surface area contributed by atoms with Crippen molar-refractivity contribution in [3.05, 3.63) is 29.8 Å². The molecular formula is C13H15FN2O2. The second-order valence-corrected chi connectivity index (χ2v) is 5.03. The van der Waals surface area contributed by atoms with Crippen molar-refractivity contribution in [2.75, 3.05) is 13.2 Å². The third kappa shape index (κ3) is 1.47. The van der Waals surface area contributed by atoms with E-state index in [4.69, 9.17) is 4.74 Å². The molecule has 0 radical (unpaired) electrons. The number of halogens is 1. The van der Waals surface area contributed by atoms with Crippen molar-refractivity contribution in [1.29, 1.82) is 0 Å². The molecule has 3 rings (SSSR count). The highest BCUT2D eigenvalue weighted by molar-refractivity contribution is 5.77. The summed E-state index contributed by atoms with van der Waals surface area (Å²) in [6, 6.07) is 4.95. The van der Waals surface area contributed by atoms with Crippen molar-refractivity contribution < 1.29 is 14.2 Å². The molecule has 2 heterocycles. The molecule has 0 spiro atoms. The number of imidazole rings is 1. The van der Waals surface area contributed by atoms with Crippen molar-refractivity contribution in [3.63, 3.8) is 0 Å². The van der Waals surface area contributed by atoms with Crippen LogP contribution in [0.1, 0.15) is 25.7 Å². The second kappa shape index (κ2) is 3.76. The molecule has 0 unspecified atom stereocenters. The predicted octanol–water partition coefficient (Wildman–Crippen LogP) is 1.97. The van der Waals surface area contributed by atoms with Gasteiger partial charge in [-0.3, -0.25) is 0 Å². The Morgan fingerprint density at radius 3 is 2.72 bits per heavy atom. The van der Waals surface area contributed by atoms with Crippen LogP contribution in [0.5, 0.6) is 0 Å². The zero-order valence-electron chi connectivity index (χ0n) is 10.4. The molecule has 1 aliphatic heterocycles. The van der Waals surface area contributed by atoms with E-state index in [1.165, 1.54) is 6.07 Å². The maximum atomic E-state index is 13.8. The molecular weight excluding hydrogens is 235 g/mol. The summed E-state index contributed by atoms with van der Waals surface area (Å²) in [6.45, 7) is 4.39. The minimum Gasteiger partial charge on any atom is -0.377 e. The average molecular weight is 250 g/mol. The van der Waals surface area contributed by atoms with Gasteiger partial charge in [-0.2, -0.15) is 0 Å². The van der Waals surface area contributed by atoms with Crippen LogP contribution in [0.25, 0.3) is 11.0 Å². The molecule has 4 nitrogen and oxygen atoms in total. The van der Waals surface area contributed by atoms with E-state index in [1.807, 2.05) is 24.5 Å². The summed E-state index contributed by atoms with van der Waals surface area (Å²) in [5, 5.41) is 10.4. The molecule has 1 aromatic heterocycles. The van der Waals surface area contributed by atoms with Crippen LogP contribution in [0.2, 0.25) is 0 Å². The van der Waals surface area contributed by atoms with Crippen molar-refractivity contribution in [3.8, 4) is 0 Å². The molecule has 1 fully saturated rings. The van der Waals surface area contributed by atoms with E-state index in [0.29, 0.717) is 16.9 Å². The highest BCUT2D eigenvalue weighted by Crippen LogP contribution is 2.33.